The zero-order valence-corrected chi connectivity index (χ0v) is 13.2. The van der Waals surface area contributed by atoms with Crippen LogP contribution in [0.25, 0.3) is 0 Å². The molecule has 1 aliphatic carbocycles. The van der Waals surface area contributed by atoms with E-state index >= 15 is 0 Å². The highest BCUT2D eigenvalue weighted by molar-refractivity contribution is 7.99. The van der Waals surface area contributed by atoms with Crippen molar-refractivity contribution in [2.75, 3.05) is 23.4 Å². The fourth-order valence-electron chi connectivity index (χ4n) is 2.49. The molecule has 0 aromatic carbocycles. The van der Waals surface area contributed by atoms with Gasteiger partial charge in [0.05, 0.1) is 4.92 Å². The summed E-state index contributed by atoms with van der Waals surface area (Å²) in [6.07, 6.45) is 7.71. The molecule has 1 fully saturated rings. The van der Waals surface area contributed by atoms with E-state index in [4.69, 9.17) is 0 Å². The molecular formula is C13H21N5O2S. The highest BCUT2D eigenvalue weighted by atomic mass is 32.2. The predicted octanol–water partition coefficient (Wildman–Crippen LogP) is 2.90. The van der Waals surface area contributed by atoms with E-state index in [0.717, 1.165) is 25.7 Å². The molecule has 1 aliphatic rings. The van der Waals surface area contributed by atoms with Crippen LogP contribution in [0, 0.1) is 10.1 Å². The zero-order valence-electron chi connectivity index (χ0n) is 12.3. The van der Waals surface area contributed by atoms with Gasteiger partial charge in [-0.2, -0.15) is 16.7 Å². The van der Waals surface area contributed by atoms with Crippen LogP contribution in [0.1, 0.15) is 32.6 Å². The van der Waals surface area contributed by atoms with Crippen molar-refractivity contribution >= 4 is 29.2 Å². The Bertz CT molecular complexity index is 491. The second-order valence-corrected chi connectivity index (χ2v) is 6.21. The quantitative estimate of drug-likeness (QED) is 0.616. The third-order valence-corrected chi connectivity index (χ3v) is 4.79. The largest absolute Gasteiger partial charge is 0.361 e. The number of nitrogens with one attached hydrogen (secondary N) is 2. The zero-order chi connectivity index (χ0) is 15.2. The SMILES string of the molecule is CCNc1ncc([N+](=O)[O-])c(NC2CCC(SC)CC2)n1. The normalized spacial score (nSPS) is 21.8. The Kier molecular flexibility index (Phi) is 5.60. The molecule has 116 valence electrons. The van der Waals surface area contributed by atoms with Gasteiger partial charge < -0.3 is 10.6 Å². The summed E-state index contributed by atoms with van der Waals surface area (Å²) in [5, 5.41) is 18.0. The van der Waals surface area contributed by atoms with E-state index in [1.165, 1.54) is 6.20 Å². The second kappa shape index (κ2) is 7.44. The molecule has 0 spiro atoms. The number of hydrogen-bond donors (Lipinski definition) is 2. The Labute approximate surface area is 128 Å². The molecule has 0 radical (unpaired) electrons. The summed E-state index contributed by atoms with van der Waals surface area (Å²) >= 11 is 1.90. The van der Waals surface area contributed by atoms with Crippen LogP contribution in [-0.4, -0.2) is 39.0 Å². The maximum atomic E-state index is 11.1. The van der Waals surface area contributed by atoms with Crippen LogP contribution in [0.2, 0.25) is 0 Å². The number of thioether (sulfide) groups is 1. The van der Waals surface area contributed by atoms with Crippen molar-refractivity contribution in [2.24, 2.45) is 0 Å². The Morgan fingerprint density at radius 3 is 2.71 bits per heavy atom. The summed E-state index contributed by atoms with van der Waals surface area (Å²) in [5.41, 5.74) is -0.0661. The first kappa shape index (κ1) is 15.8. The minimum Gasteiger partial charge on any atom is -0.361 e. The highest BCUT2D eigenvalue weighted by Gasteiger charge is 2.24. The minimum atomic E-state index is -0.439. The van der Waals surface area contributed by atoms with Gasteiger partial charge in [-0.1, -0.05) is 0 Å². The Morgan fingerprint density at radius 2 is 2.14 bits per heavy atom. The number of hydrogen-bond acceptors (Lipinski definition) is 7. The molecule has 2 N–H and O–H groups in total. The average Bonchev–Trinajstić information content (AvgIpc) is 2.48. The Balaban J connectivity index is 2.10. The minimum absolute atomic E-state index is 0.0661. The average molecular weight is 311 g/mol. The molecule has 0 atom stereocenters. The lowest BCUT2D eigenvalue weighted by Crippen LogP contribution is -2.28. The van der Waals surface area contributed by atoms with Gasteiger partial charge in [0.25, 0.3) is 0 Å². The third-order valence-electron chi connectivity index (χ3n) is 3.65. The van der Waals surface area contributed by atoms with Crippen LogP contribution in [0.4, 0.5) is 17.5 Å². The third kappa shape index (κ3) is 4.20. The summed E-state index contributed by atoms with van der Waals surface area (Å²) in [5.74, 6) is 0.738. The number of aromatic nitrogens is 2. The number of nitrogens with zero attached hydrogens (tertiary/aromatic N) is 3. The van der Waals surface area contributed by atoms with Gasteiger partial charge in [-0.3, -0.25) is 10.1 Å². The van der Waals surface area contributed by atoms with Crippen molar-refractivity contribution < 1.29 is 4.92 Å². The molecule has 0 bridgehead atoms. The lowest BCUT2D eigenvalue weighted by molar-refractivity contribution is -0.384. The molecular weight excluding hydrogens is 290 g/mol. The van der Waals surface area contributed by atoms with Crippen LogP contribution in [0.5, 0.6) is 0 Å². The predicted molar refractivity (Wildman–Crippen MR) is 86.0 cm³/mol. The molecule has 8 heteroatoms. The lowest BCUT2D eigenvalue weighted by atomic mass is 9.95. The van der Waals surface area contributed by atoms with E-state index in [1.807, 2.05) is 18.7 Å². The second-order valence-electron chi connectivity index (χ2n) is 5.07. The van der Waals surface area contributed by atoms with Crippen molar-refractivity contribution in [1.29, 1.82) is 0 Å². The van der Waals surface area contributed by atoms with Gasteiger partial charge in [-0.15, -0.1) is 0 Å². The monoisotopic (exact) mass is 311 g/mol. The Hall–Kier alpha value is -1.57. The van der Waals surface area contributed by atoms with Crippen LogP contribution < -0.4 is 10.6 Å². The van der Waals surface area contributed by atoms with E-state index < -0.39 is 4.92 Å². The van der Waals surface area contributed by atoms with Crippen LogP contribution in [0.15, 0.2) is 6.20 Å². The Morgan fingerprint density at radius 1 is 1.43 bits per heavy atom. The number of nitro groups is 1. The smallest absolute Gasteiger partial charge is 0.329 e. The van der Waals surface area contributed by atoms with E-state index in [1.54, 1.807) is 0 Å². The van der Waals surface area contributed by atoms with E-state index in [0.29, 0.717) is 23.6 Å². The van der Waals surface area contributed by atoms with E-state index in [-0.39, 0.29) is 11.7 Å². The topological polar surface area (TPSA) is 93.0 Å². The summed E-state index contributed by atoms with van der Waals surface area (Å²) < 4.78 is 0. The van der Waals surface area contributed by atoms with Crippen molar-refractivity contribution in [1.82, 2.24) is 9.97 Å². The van der Waals surface area contributed by atoms with Gasteiger partial charge in [0.2, 0.25) is 11.8 Å². The highest BCUT2D eigenvalue weighted by Crippen LogP contribution is 2.30. The van der Waals surface area contributed by atoms with Gasteiger partial charge in [-0.05, 0) is 38.9 Å². The maximum Gasteiger partial charge on any atom is 0.329 e. The fourth-order valence-corrected chi connectivity index (χ4v) is 3.24. The molecule has 1 saturated carbocycles. The van der Waals surface area contributed by atoms with Crippen LogP contribution in [0.3, 0.4) is 0 Å². The lowest BCUT2D eigenvalue weighted by Gasteiger charge is -2.28. The van der Waals surface area contributed by atoms with Gasteiger partial charge in [-0.25, -0.2) is 4.98 Å². The van der Waals surface area contributed by atoms with E-state index in [9.17, 15) is 10.1 Å². The maximum absolute atomic E-state index is 11.1. The first-order chi connectivity index (χ1) is 10.1. The first-order valence-electron chi connectivity index (χ1n) is 7.18. The molecule has 0 saturated heterocycles. The van der Waals surface area contributed by atoms with Crippen LogP contribution >= 0.6 is 11.8 Å². The van der Waals surface area contributed by atoms with Gasteiger partial charge >= 0.3 is 5.69 Å². The molecule has 1 aromatic heterocycles. The number of rotatable bonds is 6. The fraction of sp³-hybridized carbons (Fsp3) is 0.692. The van der Waals surface area contributed by atoms with Crippen LogP contribution in [-0.2, 0) is 0 Å². The number of anilines is 2. The van der Waals surface area contributed by atoms with E-state index in [2.05, 4.69) is 26.9 Å². The van der Waals surface area contributed by atoms with Gasteiger partial charge in [0.15, 0.2) is 0 Å². The molecule has 2 rings (SSSR count). The van der Waals surface area contributed by atoms with Crippen molar-refractivity contribution in [2.45, 2.75) is 43.9 Å². The molecule has 1 aromatic rings. The molecule has 0 unspecified atom stereocenters. The summed E-state index contributed by atoms with van der Waals surface area (Å²) in [7, 11) is 0. The molecule has 1 heterocycles. The summed E-state index contributed by atoms with van der Waals surface area (Å²) in [6, 6.07) is 0.247. The van der Waals surface area contributed by atoms with Crippen molar-refractivity contribution in [3.05, 3.63) is 16.3 Å². The summed E-state index contributed by atoms with van der Waals surface area (Å²) in [6.45, 7) is 2.61. The standard InChI is InChI=1S/C13H21N5O2S/c1-3-14-13-15-8-11(18(19)20)12(17-13)16-9-4-6-10(21-2)7-5-9/h8-10H,3-7H2,1-2H3,(H2,14,15,16,17). The van der Waals surface area contributed by atoms with Crippen molar-refractivity contribution in [3.63, 3.8) is 0 Å². The van der Waals surface area contributed by atoms with Gasteiger partial charge in [0, 0.05) is 17.8 Å². The molecule has 0 amide bonds. The first-order valence-corrected chi connectivity index (χ1v) is 8.47. The molecule has 21 heavy (non-hydrogen) atoms. The molecule has 7 nitrogen and oxygen atoms in total. The van der Waals surface area contributed by atoms with Gasteiger partial charge in [0.1, 0.15) is 6.20 Å². The molecule has 0 aliphatic heterocycles. The van der Waals surface area contributed by atoms with Crippen molar-refractivity contribution in [3.8, 4) is 0 Å². The summed E-state index contributed by atoms with van der Waals surface area (Å²) in [4.78, 5) is 18.9.